The van der Waals surface area contributed by atoms with Crippen LogP contribution in [0, 0.1) is 5.41 Å². The van der Waals surface area contributed by atoms with Gasteiger partial charge in [0.25, 0.3) is 0 Å². The molecule has 0 fully saturated rings. The fourth-order valence-corrected chi connectivity index (χ4v) is 1.93. The minimum absolute atomic E-state index is 0.0733. The minimum atomic E-state index is -1.08. The third-order valence-corrected chi connectivity index (χ3v) is 3.21. The van der Waals surface area contributed by atoms with Crippen molar-refractivity contribution >= 4 is 17.6 Å². The topological polar surface area (TPSA) is 71.3 Å². The van der Waals surface area contributed by atoms with Gasteiger partial charge in [-0.3, -0.25) is 9.59 Å². The van der Waals surface area contributed by atoms with E-state index in [-0.39, 0.29) is 12.3 Å². The van der Waals surface area contributed by atoms with Crippen molar-refractivity contribution in [3.8, 4) is 5.69 Å². The molecule has 21 heavy (non-hydrogen) atoms. The van der Waals surface area contributed by atoms with Gasteiger partial charge in [-0.15, -0.1) is 0 Å². The highest BCUT2D eigenvalue weighted by Crippen LogP contribution is 2.22. The standard InChI is InChI=1S/C16H18N2O3/c1-16(2,15(20)21)11-14(19)17-12-6-5-7-13(10-12)18-8-3-4-9-18/h3-10H,11H2,1-2H3,(H,17,19)(H,20,21). The molecule has 0 radical (unpaired) electrons. The fraction of sp³-hybridized carbons (Fsp3) is 0.250. The Morgan fingerprint density at radius 3 is 2.48 bits per heavy atom. The van der Waals surface area contributed by atoms with E-state index < -0.39 is 11.4 Å². The lowest BCUT2D eigenvalue weighted by Gasteiger charge is -2.18. The summed E-state index contributed by atoms with van der Waals surface area (Å²) in [6.45, 7) is 3.07. The molecule has 5 nitrogen and oxygen atoms in total. The molecule has 1 amide bonds. The molecule has 0 aliphatic rings. The lowest BCUT2D eigenvalue weighted by molar-refractivity contribution is -0.148. The Kier molecular flexibility index (Phi) is 4.12. The highest BCUT2D eigenvalue weighted by Gasteiger charge is 2.30. The van der Waals surface area contributed by atoms with E-state index in [4.69, 9.17) is 5.11 Å². The van der Waals surface area contributed by atoms with Gasteiger partial charge in [0, 0.05) is 30.2 Å². The van der Waals surface area contributed by atoms with E-state index in [0.717, 1.165) is 5.69 Å². The zero-order chi connectivity index (χ0) is 15.5. The molecular formula is C16H18N2O3. The quantitative estimate of drug-likeness (QED) is 0.887. The van der Waals surface area contributed by atoms with Gasteiger partial charge in [-0.05, 0) is 44.2 Å². The van der Waals surface area contributed by atoms with Crippen LogP contribution in [0.4, 0.5) is 5.69 Å². The second-order valence-corrected chi connectivity index (χ2v) is 5.55. The molecule has 1 aromatic heterocycles. The van der Waals surface area contributed by atoms with Crippen LogP contribution in [0.25, 0.3) is 5.69 Å². The molecule has 5 heteroatoms. The Labute approximate surface area is 123 Å². The number of carboxylic acid groups (broad SMARTS) is 1. The highest BCUT2D eigenvalue weighted by molar-refractivity contribution is 5.94. The van der Waals surface area contributed by atoms with Crippen LogP contribution in [-0.2, 0) is 9.59 Å². The second-order valence-electron chi connectivity index (χ2n) is 5.55. The highest BCUT2D eigenvalue weighted by atomic mass is 16.4. The van der Waals surface area contributed by atoms with E-state index in [1.54, 1.807) is 6.07 Å². The zero-order valence-corrected chi connectivity index (χ0v) is 12.0. The monoisotopic (exact) mass is 286 g/mol. The first kappa shape index (κ1) is 14.8. The van der Waals surface area contributed by atoms with E-state index >= 15 is 0 Å². The number of rotatable bonds is 5. The number of benzene rings is 1. The van der Waals surface area contributed by atoms with Crippen molar-refractivity contribution in [2.24, 2.45) is 5.41 Å². The lowest BCUT2D eigenvalue weighted by atomic mass is 9.89. The Balaban J connectivity index is 2.08. The van der Waals surface area contributed by atoms with Gasteiger partial charge in [0.1, 0.15) is 0 Å². The minimum Gasteiger partial charge on any atom is -0.481 e. The molecule has 0 atom stereocenters. The molecule has 0 saturated carbocycles. The molecule has 1 heterocycles. The van der Waals surface area contributed by atoms with Crippen LogP contribution < -0.4 is 5.32 Å². The number of hydrogen-bond donors (Lipinski definition) is 2. The number of carbonyl (C=O) groups excluding carboxylic acids is 1. The summed E-state index contributed by atoms with van der Waals surface area (Å²) in [5.74, 6) is -1.30. The predicted molar refractivity (Wildman–Crippen MR) is 80.4 cm³/mol. The Morgan fingerprint density at radius 2 is 1.86 bits per heavy atom. The first-order chi connectivity index (χ1) is 9.88. The lowest BCUT2D eigenvalue weighted by Crippen LogP contribution is -2.29. The number of nitrogens with one attached hydrogen (secondary N) is 1. The predicted octanol–water partition coefficient (Wildman–Crippen LogP) is 2.92. The molecule has 2 rings (SSSR count). The normalized spacial score (nSPS) is 11.1. The van der Waals surface area contributed by atoms with E-state index in [1.165, 1.54) is 13.8 Å². The second kappa shape index (κ2) is 5.83. The van der Waals surface area contributed by atoms with Gasteiger partial charge in [0.15, 0.2) is 0 Å². The molecule has 0 spiro atoms. The van der Waals surface area contributed by atoms with Gasteiger partial charge < -0.3 is 15.0 Å². The maximum absolute atomic E-state index is 11.9. The third kappa shape index (κ3) is 3.72. The first-order valence-corrected chi connectivity index (χ1v) is 6.65. The van der Waals surface area contributed by atoms with Crippen molar-refractivity contribution in [3.63, 3.8) is 0 Å². The average Bonchev–Trinajstić information content (AvgIpc) is 2.91. The maximum atomic E-state index is 11.9. The molecule has 2 aromatic rings. The Morgan fingerprint density at radius 1 is 1.19 bits per heavy atom. The summed E-state index contributed by atoms with van der Waals surface area (Å²) in [6, 6.07) is 11.2. The van der Waals surface area contributed by atoms with Crippen LogP contribution in [0.3, 0.4) is 0 Å². The van der Waals surface area contributed by atoms with E-state index in [9.17, 15) is 9.59 Å². The molecule has 0 bridgehead atoms. The number of anilines is 1. The number of carboxylic acids is 1. The number of nitrogens with zero attached hydrogens (tertiary/aromatic N) is 1. The van der Waals surface area contributed by atoms with Gasteiger partial charge in [-0.1, -0.05) is 6.07 Å². The summed E-state index contributed by atoms with van der Waals surface area (Å²) in [7, 11) is 0. The van der Waals surface area contributed by atoms with Crippen LogP contribution in [0.5, 0.6) is 0 Å². The zero-order valence-electron chi connectivity index (χ0n) is 12.0. The number of aromatic nitrogens is 1. The third-order valence-electron chi connectivity index (χ3n) is 3.21. The van der Waals surface area contributed by atoms with E-state index in [0.29, 0.717) is 5.69 Å². The van der Waals surface area contributed by atoms with Gasteiger partial charge in [-0.25, -0.2) is 0 Å². The number of hydrogen-bond acceptors (Lipinski definition) is 2. The van der Waals surface area contributed by atoms with Gasteiger partial charge in [-0.2, -0.15) is 0 Å². The molecule has 1 aromatic carbocycles. The smallest absolute Gasteiger partial charge is 0.309 e. The SMILES string of the molecule is CC(C)(CC(=O)Nc1cccc(-n2cccc2)c1)C(=O)O. The van der Waals surface area contributed by atoms with Crippen molar-refractivity contribution in [1.29, 1.82) is 0 Å². The van der Waals surface area contributed by atoms with Crippen molar-refractivity contribution in [3.05, 3.63) is 48.8 Å². The summed E-state index contributed by atoms with van der Waals surface area (Å²) in [6.07, 6.45) is 3.75. The van der Waals surface area contributed by atoms with Crippen molar-refractivity contribution in [1.82, 2.24) is 4.57 Å². The molecule has 0 aliphatic carbocycles. The molecule has 0 saturated heterocycles. The maximum Gasteiger partial charge on any atom is 0.309 e. The molecular weight excluding hydrogens is 268 g/mol. The van der Waals surface area contributed by atoms with E-state index in [2.05, 4.69) is 5.32 Å². The molecule has 0 aliphatic heterocycles. The van der Waals surface area contributed by atoms with Gasteiger partial charge in [0.2, 0.25) is 5.91 Å². The molecule has 0 unspecified atom stereocenters. The van der Waals surface area contributed by atoms with Crippen LogP contribution in [0.15, 0.2) is 48.8 Å². The van der Waals surface area contributed by atoms with Gasteiger partial charge >= 0.3 is 5.97 Å². The fourth-order valence-electron chi connectivity index (χ4n) is 1.93. The summed E-state index contributed by atoms with van der Waals surface area (Å²) in [5, 5.41) is 11.8. The summed E-state index contributed by atoms with van der Waals surface area (Å²) >= 11 is 0. The number of aliphatic carboxylic acids is 1. The summed E-state index contributed by atoms with van der Waals surface area (Å²) < 4.78 is 1.93. The van der Waals surface area contributed by atoms with Crippen LogP contribution >= 0.6 is 0 Å². The first-order valence-electron chi connectivity index (χ1n) is 6.65. The molecule has 2 N–H and O–H groups in total. The van der Waals surface area contributed by atoms with Crippen molar-refractivity contribution in [2.75, 3.05) is 5.32 Å². The van der Waals surface area contributed by atoms with Gasteiger partial charge in [0.05, 0.1) is 5.41 Å². The van der Waals surface area contributed by atoms with Crippen molar-refractivity contribution in [2.45, 2.75) is 20.3 Å². The largest absolute Gasteiger partial charge is 0.481 e. The molecule has 110 valence electrons. The summed E-state index contributed by atoms with van der Waals surface area (Å²) in [5.41, 5.74) is 0.491. The van der Waals surface area contributed by atoms with Crippen LogP contribution in [-0.4, -0.2) is 21.6 Å². The number of amides is 1. The average molecular weight is 286 g/mol. The van der Waals surface area contributed by atoms with Crippen LogP contribution in [0.2, 0.25) is 0 Å². The Bertz CT molecular complexity index is 645. The summed E-state index contributed by atoms with van der Waals surface area (Å²) in [4.78, 5) is 23.0. The number of carbonyl (C=O) groups is 2. The van der Waals surface area contributed by atoms with E-state index in [1.807, 2.05) is 47.3 Å². The Hall–Kier alpha value is -2.56. The van der Waals surface area contributed by atoms with Crippen LogP contribution in [0.1, 0.15) is 20.3 Å². The van der Waals surface area contributed by atoms with Crippen molar-refractivity contribution < 1.29 is 14.7 Å².